The van der Waals surface area contributed by atoms with Crippen molar-refractivity contribution >= 4 is 11.5 Å². The predicted molar refractivity (Wildman–Crippen MR) is 80.2 cm³/mol. The molecule has 108 valence electrons. The van der Waals surface area contributed by atoms with Crippen molar-refractivity contribution in [3.05, 3.63) is 34.6 Å². The lowest BCUT2D eigenvalue weighted by Crippen LogP contribution is -2.22. The van der Waals surface area contributed by atoms with Crippen LogP contribution in [-0.2, 0) is 0 Å². The standard InChI is InChI=1S/C14H20N4OS/c1-5-16-13(14-10(4)17-18-20-14)11-6-12(8-15-7-11)19-9(2)3/h6-9,13,16H,5H2,1-4H3. The Bertz CT molecular complexity index is 556. The third-order valence-corrected chi connectivity index (χ3v) is 3.69. The van der Waals surface area contributed by atoms with E-state index < -0.39 is 0 Å². The van der Waals surface area contributed by atoms with Crippen LogP contribution in [0.1, 0.15) is 42.9 Å². The summed E-state index contributed by atoms with van der Waals surface area (Å²) < 4.78 is 9.73. The number of aryl methyl sites for hydroxylation is 1. The molecule has 0 saturated heterocycles. The number of nitrogens with one attached hydrogen (secondary N) is 1. The van der Waals surface area contributed by atoms with E-state index in [0.717, 1.165) is 28.4 Å². The second-order valence-corrected chi connectivity index (χ2v) is 5.62. The van der Waals surface area contributed by atoms with Crippen LogP contribution in [-0.4, -0.2) is 27.2 Å². The van der Waals surface area contributed by atoms with Crippen LogP contribution in [0.25, 0.3) is 0 Å². The summed E-state index contributed by atoms with van der Waals surface area (Å²) in [6.07, 6.45) is 3.74. The molecule has 0 bridgehead atoms. The van der Waals surface area contributed by atoms with Gasteiger partial charge in [-0.25, -0.2) is 0 Å². The zero-order valence-electron chi connectivity index (χ0n) is 12.3. The average molecular weight is 292 g/mol. The molecule has 5 nitrogen and oxygen atoms in total. The van der Waals surface area contributed by atoms with Crippen molar-refractivity contribution in [2.75, 3.05) is 6.54 Å². The van der Waals surface area contributed by atoms with Crippen molar-refractivity contribution in [1.82, 2.24) is 19.9 Å². The maximum Gasteiger partial charge on any atom is 0.138 e. The van der Waals surface area contributed by atoms with Crippen molar-refractivity contribution in [2.24, 2.45) is 0 Å². The van der Waals surface area contributed by atoms with Gasteiger partial charge in [0.1, 0.15) is 5.75 Å². The molecular formula is C14H20N4OS. The van der Waals surface area contributed by atoms with E-state index in [1.807, 2.05) is 33.0 Å². The highest BCUT2D eigenvalue weighted by molar-refractivity contribution is 7.05. The average Bonchev–Trinajstić information content (AvgIpc) is 2.81. The molecule has 2 aromatic heterocycles. The zero-order valence-corrected chi connectivity index (χ0v) is 13.1. The number of ether oxygens (including phenoxy) is 1. The van der Waals surface area contributed by atoms with Gasteiger partial charge in [-0.2, -0.15) is 0 Å². The lowest BCUT2D eigenvalue weighted by atomic mass is 10.1. The number of rotatable bonds is 6. The fourth-order valence-corrected chi connectivity index (χ4v) is 2.75. The zero-order chi connectivity index (χ0) is 14.5. The molecule has 2 rings (SSSR count). The van der Waals surface area contributed by atoms with E-state index in [-0.39, 0.29) is 12.1 Å². The summed E-state index contributed by atoms with van der Waals surface area (Å²) in [4.78, 5) is 5.40. The van der Waals surface area contributed by atoms with Crippen LogP contribution in [0.15, 0.2) is 18.5 Å². The highest BCUT2D eigenvalue weighted by Gasteiger charge is 2.19. The SMILES string of the molecule is CCNC(c1cncc(OC(C)C)c1)c1snnc1C. The first-order valence-corrected chi connectivity index (χ1v) is 7.53. The topological polar surface area (TPSA) is 59.9 Å². The number of aromatic nitrogens is 3. The summed E-state index contributed by atoms with van der Waals surface area (Å²) in [5.41, 5.74) is 2.02. The van der Waals surface area contributed by atoms with Crippen LogP contribution in [0.3, 0.4) is 0 Å². The Kier molecular flexibility index (Phi) is 5.03. The molecule has 0 fully saturated rings. The fourth-order valence-electron chi connectivity index (χ4n) is 2.00. The summed E-state index contributed by atoms with van der Waals surface area (Å²) in [6, 6.07) is 2.09. The van der Waals surface area contributed by atoms with Crippen LogP contribution < -0.4 is 10.1 Å². The summed E-state index contributed by atoms with van der Waals surface area (Å²) in [7, 11) is 0. The molecule has 0 aliphatic heterocycles. The Hall–Kier alpha value is -1.53. The smallest absolute Gasteiger partial charge is 0.138 e. The molecule has 0 aromatic carbocycles. The van der Waals surface area contributed by atoms with Gasteiger partial charge in [0.15, 0.2) is 0 Å². The number of pyridine rings is 1. The van der Waals surface area contributed by atoms with Crippen molar-refractivity contribution in [3.63, 3.8) is 0 Å². The van der Waals surface area contributed by atoms with Crippen molar-refractivity contribution in [1.29, 1.82) is 0 Å². The molecule has 2 aromatic rings. The Balaban J connectivity index is 2.32. The Morgan fingerprint density at radius 2 is 2.15 bits per heavy atom. The van der Waals surface area contributed by atoms with Gasteiger partial charge in [0.2, 0.25) is 0 Å². The third-order valence-electron chi connectivity index (χ3n) is 2.80. The van der Waals surface area contributed by atoms with Gasteiger partial charge in [0.05, 0.1) is 28.9 Å². The Morgan fingerprint density at radius 3 is 2.75 bits per heavy atom. The van der Waals surface area contributed by atoms with E-state index in [1.165, 1.54) is 11.5 Å². The van der Waals surface area contributed by atoms with Gasteiger partial charge in [-0.3, -0.25) is 4.98 Å². The maximum absolute atomic E-state index is 5.71. The first-order chi connectivity index (χ1) is 9.61. The second kappa shape index (κ2) is 6.76. The lowest BCUT2D eigenvalue weighted by Gasteiger charge is -2.18. The Morgan fingerprint density at radius 1 is 1.35 bits per heavy atom. The van der Waals surface area contributed by atoms with E-state index in [2.05, 4.69) is 26.8 Å². The second-order valence-electron chi connectivity index (χ2n) is 4.83. The van der Waals surface area contributed by atoms with Gasteiger partial charge in [0, 0.05) is 6.20 Å². The van der Waals surface area contributed by atoms with Crippen LogP contribution in [0.5, 0.6) is 5.75 Å². The number of nitrogens with zero attached hydrogens (tertiary/aromatic N) is 3. The largest absolute Gasteiger partial charge is 0.489 e. The highest BCUT2D eigenvalue weighted by atomic mass is 32.1. The first-order valence-electron chi connectivity index (χ1n) is 6.75. The lowest BCUT2D eigenvalue weighted by molar-refractivity contribution is 0.241. The van der Waals surface area contributed by atoms with E-state index in [4.69, 9.17) is 4.74 Å². The van der Waals surface area contributed by atoms with E-state index >= 15 is 0 Å². The summed E-state index contributed by atoms with van der Waals surface area (Å²) in [6.45, 7) is 8.93. The first kappa shape index (κ1) is 14.9. The van der Waals surface area contributed by atoms with Gasteiger partial charge in [0.25, 0.3) is 0 Å². The Labute approximate surface area is 123 Å². The van der Waals surface area contributed by atoms with Crippen LogP contribution >= 0.6 is 11.5 Å². The molecule has 0 spiro atoms. The molecule has 6 heteroatoms. The van der Waals surface area contributed by atoms with E-state index in [1.54, 1.807) is 6.20 Å². The molecule has 1 atom stereocenters. The van der Waals surface area contributed by atoms with Gasteiger partial charge in [-0.05, 0) is 50.5 Å². The van der Waals surface area contributed by atoms with Gasteiger partial charge < -0.3 is 10.1 Å². The van der Waals surface area contributed by atoms with Crippen LogP contribution in [0.2, 0.25) is 0 Å². The minimum absolute atomic E-state index is 0.0585. The summed E-state index contributed by atoms with van der Waals surface area (Å²) >= 11 is 1.42. The normalized spacial score (nSPS) is 12.7. The molecule has 0 amide bonds. The number of hydrogen-bond acceptors (Lipinski definition) is 6. The van der Waals surface area contributed by atoms with Crippen molar-refractivity contribution < 1.29 is 4.74 Å². The van der Waals surface area contributed by atoms with Crippen molar-refractivity contribution in [2.45, 2.75) is 39.8 Å². The van der Waals surface area contributed by atoms with Crippen LogP contribution in [0, 0.1) is 6.92 Å². The molecule has 2 heterocycles. The summed E-state index contributed by atoms with van der Waals surface area (Å²) in [5.74, 6) is 0.788. The predicted octanol–water partition coefficient (Wildman–Crippen LogP) is 2.73. The minimum Gasteiger partial charge on any atom is -0.489 e. The molecule has 20 heavy (non-hydrogen) atoms. The maximum atomic E-state index is 5.71. The molecule has 1 unspecified atom stereocenters. The molecule has 0 radical (unpaired) electrons. The van der Waals surface area contributed by atoms with Crippen molar-refractivity contribution in [3.8, 4) is 5.75 Å². The number of hydrogen-bond donors (Lipinski definition) is 1. The molecule has 0 saturated carbocycles. The van der Waals surface area contributed by atoms with Crippen LogP contribution in [0.4, 0.5) is 0 Å². The monoisotopic (exact) mass is 292 g/mol. The van der Waals surface area contributed by atoms with Gasteiger partial charge in [-0.1, -0.05) is 11.4 Å². The fraction of sp³-hybridized carbons (Fsp3) is 0.500. The summed E-state index contributed by atoms with van der Waals surface area (Å²) in [5, 5.41) is 7.55. The highest BCUT2D eigenvalue weighted by Crippen LogP contribution is 2.28. The minimum atomic E-state index is 0.0585. The molecule has 0 aliphatic carbocycles. The van der Waals surface area contributed by atoms with Gasteiger partial charge in [-0.15, -0.1) is 5.10 Å². The van der Waals surface area contributed by atoms with E-state index in [0.29, 0.717) is 0 Å². The third kappa shape index (κ3) is 3.52. The molecule has 0 aliphatic rings. The van der Waals surface area contributed by atoms with Gasteiger partial charge >= 0.3 is 0 Å². The molecular weight excluding hydrogens is 272 g/mol. The van der Waals surface area contributed by atoms with E-state index in [9.17, 15) is 0 Å². The molecule has 1 N–H and O–H groups in total. The quantitative estimate of drug-likeness (QED) is 0.887.